The minimum Gasteiger partial charge on any atom is -0.494 e. The van der Waals surface area contributed by atoms with E-state index in [-0.39, 0.29) is 0 Å². The van der Waals surface area contributed by atoms with E-state index in [0.717, 1.165) is 29.4 Å². The van der Waals surface area contributed by atoms with Crippen LogP contribution in [0, 0.1) is 5.92 Å². The standard InChI is InChI=1S/C13H17BrO2/c1-10(2)4-3-7-16-12-5-6-13(14)11(8-12)9-15/h5-6,8-10H,3-4,7H2,1-2H3. The maximum atomic E-state index is 10.7. The van der Waals surface area contributed by atoms with Gasteiger partial charge in [0.2, 0.25) is 0 Å². The largest absolute Gasteiger partial charge is 0.494 e. The number of rotatable bonds is 6. The van der Waals surface area contributed by atoms with Gasteiger partial charge in [0.1, 0.15) is 5.75 Å². The topological polar surface area (TPSA) is 26.3 Å². The Labute approximate surface area is 105 Å². The fraction of sp³-hybridized carbons (Fsp3) is 0.462. The first-order valence-electron chi connectivity index (χ1n) is 5.51. The van der Waals surface area contributed by atoms with Gasteiger partial charge in [0.05, 0.1) is 6.61 Å². The van der Waals surface area contributed by atoms with Crippen LogP contribution in [0.5, 0.6) is 5.75 Å². The molecule has 0 radical (unpaired) electrons. The second-order valence-electron chi connectivity index (χ2n) is 4.19. The van der Waals surface area contributed by atoms with Gasteiger partial charge < -0.3 is 4.74 Å². The van der Waals surface area contributed by atoms with Crippen molar-refractivity contribution in [3.63, 3.8) is 0 Å². The summed E-state index contributed by atoms with van der Waals surface area (Å²) in [6.45, 7) is 5.10. The van der Waals surface area contributed by atoms with Crippen LogP contribution in [0.2, 0.25) is 0 Å². The highest BCUT2D eigenvalue weighted by Crippen LogP contribution is 2.21. The summed E-state index contributed by atoms with van der Waals surface area (Å²) in [5.41, 5.74) is 0.626. The summed E-state index contributed by atoms with van der Waals surface area (Å²) in [5.74, 6) is 1.47. The summed E-state index contributed by atoms with van der Waals surface area (Å²) in [5, 5.41) is 0. The van der Waals surface area contributed by atoms with Crippen LogP contribution in [0.25, 0.3) is 0 Å². The van der Waals surface area contributed by atoms with E-state index in [4.69, 9.17) is 4.74 Å². The fourth-order valence-corrected chi connectivity index (χ4v) is 1.72. The van der Waals surface area contributed by atoms with E-state index in [0.29, 0.717) is 18.1 Å². The zero-order valence-corrected chi connectivity index (χ0v) is 11.3. The normalized spacial score (nSPS) is 10.5. The number of ether oxygens (including phenoxy) is 1. The molecule has 0 bridgehead atoms. The Bertz CT molecular complexity index is 348. The van der Waals surface area contributed by atoms with Crippen molar-refractivity contribution in [2.24, 2.45) is 5.92 Å². The van der Waals surface area contributed by atoms with Crippen LogP contribution in [-0.2, 0) is 0 Å². The fourth-order valence-electron chi connectivity index (χ4n) is 1.38. The Morgan fingerprint density at radius 2 is 2.19 bits per heavy atom. The molecular formula is C13H17BrO2. The summed E-state index contributed by atoms with van der Waals surface area (Å²) in [6.07, 6.45) is 3.03. The Balaban J connectivity index is 2.45. The second kappa shape index (κ2) is 6.69. The minimum atomic E-state index is 0.626. The van der Waals surface area contributed by atoms with Gasteiger partial charge in [0, 0.05) is 10.0 Å². The van der Waals surface area contributed by atoms with Crippen molar-refractivity contribution in [2.45, 2.75) is 26.7 Å². The quantitative estimate of drug-likeness (QED) is 0.581. The molecule has 0 aromatic heterocycles. The van der Waals surface area contributed by atoms with Gasteiger partial charge in [0.25, 0.3) is 0 Å². The first-order chi connectivity index (χ1) is 7.63. The van der Waals surface area contributed by atoms with E-state index in [1.807, 2.05) is 12.1 Å². The third kappa shape index (κ3) is 4.35. The number of halogens is 1. The molecule has 2 nitrogen and oxygen atoms in total. The van der Waals surface area contributed by atoms with Gasteiger partial charge in [-0.2, -0.15) is 0 Å². The van der Waals surface area contributed by atoms with Crippen molar-refractivity contribution in [3.8, 4) is 5.75 Å². The summed E-state index contributed by atoms with van der Waals surface area (Å²) in [6, 6.07) is 5.46. The van der Waals surface area contributed by atoms with Crippen molar-refractivity contribution in [1.82, 2.24) is 0 Å². The molecule has 0 spiro atoms. The third-order valence-corrected chi connectivity index (χ3v) is 3.01. The summed E-state index contributed by atoms with van der Waals surface area (Å²) in [7, 11) is 0. The van der Waals surface area contributed by atoms with E-state index in [1.54, 1.807) is 6.07 Å². The zero-order valence-electron chi connectivity index (χ0n) is 9.70. The highest BCUT2D eigenvalue weighted by Gasteiger charge is 2.01. The first kappa shape index (κ1) is 13.2. The Hall–Kier alpha value is -0.830. The van der Waals surface area contributed by atoms with Crippen molar-refractivity contribution in [1.29, 1.82) is 0 Å². The van der Waals surface area contributed by atoms with E-state index in [1.165, 1.54) is 0 Å². The average molecular weight is 285 g/mol. The van der Waals surface area contributed by atoms with Crippen LogP contribution in [0.15, 0.2) is 22.7 Å². The third-order valence-electron chi connectivity index (χ3n) is 2.29. The lowest BCUT2D eigenvalue weighted by Crippen LogP contribution is -2.00. The number of hydrogen-bond donors (Lipinski definition) is 0. The summed E-state index contributed by atoms with van der Waals surface area (Å²) < 4.78 is 6.38. The lowest BCUT2D eigenvalue weighted by molar-refractivity contribution is 0.112. The molecule has 1 rings (SSSR count). The van der Waals surface area contributed by atoms with Gasteiger partial charge in [-0.3, -0.25) is 4.79 Å². The van der Waals surface area contributed by atoms with Crippen LogP contribution in [0.1, 0.15) is 37.0 Å². The lowest BCUT2D eigenvalue weighted by atomic mass is 10.1. The number of benzene rings is 1. The van der Waals surface area contributed by atoms with Crippen LogP contribution in [-0.4, -0.2) is 12.9 Å². The second-order valence-corrected chi connectivity index (χ2v) is 5.04. The van der Waals surface area contributed by atoms with Crippen LogP contribution >= 0.6 is 15.9 Å². The summed E-state index contributed by atoms with van der Waals surface area (Å²) in [4.78, 5) is 10.7. The van der Waals surface area contributed by atoms with Gasteiger partial charge >= 0.3 is 0 Å². The maximum Gasteiger partial charge on any atom is 0.151 e. The Morgan fingerprint density at radius 1 is 1.44 bits per heavy atom. The number of aldehydes is 1. The zero-order chi connectivity index (χ0) is 12.0. The molecule has 0 atom stereocenters. The average Bonchev–Trinajstić information content (AvgIpc) is 2.26. The van der Waals surface area contributed by atoms with Gasteiger partial charge in [-0.05, 0) is 37.0 Å². The lowest BCUT2D eigenvalue weighted by Gasteiger charge is -2.08. The molecule has 0 fully saturated rings. The van der Waals surface area contributed by atoms with Crippen molar-refractivity contribution < 1.29 is 9.53 Å². The van der Waals surface area contributed by atoms with Gasteiger partial charge in [-0.25, -0.2) is 0 Å². The van der Waals surface area contributed by atoms with E-state index >= 15 is 0 Å². The molecule has 1 aromatic rings. The predicted octanol–water partition coefficient (Wildman–Crippen LogP) is 4.08. The van der Waals surface area contributed by atoms with E-state index < -0.39 is 0 Å². The highest BCUT2D eigenvalue weighted by molar-refractivity contribution is 9.10. The molecule has 0 aliphatic heterocycles. The monoisotopic (exact) mass is 284 g/mol. The summed E-state index contributed by atoms with van der Waals surface area (Å²) >= 11 is 3.30. The molecule has 3 heteroatoms. The maximum absolute atomic E-state index is 10.7. The number of carbonyl (C=O) groups excluding carboxylic acids is 1. The molecular weight excluding hydrogens is 268 g/mol. The molecule has 0 saturated carbocycles. The van der Waals surface area contributed by atoms with Crippen molar-refractivity contribution >= 4 is 22.2 Å². The van der Waals surface area contributed by atoms with E-state index in [9.17, 15) is 4.79 Å². The minimum absolute atomic E-state index is 0.626. The molecule has 0 aliphatic carbocycles. The highest BCUT2D eigenvalue weighted by atomic mass is 79.9. The molecule has 0 unspecified atom stereocenters. The Kier molecular flexibility index (Phi) is 5.53. The molecule has 0 heterocycles. The number of carbonyl (C=O) groups is 1. The first-order valence-corrected chi connectivity index (χ1v) is 6.30. The molecule has 16 heavy (non-hydrogen) atoms. The van der Waals surface area contributed by atoms with Crippen LogP contribution in [0.4, 0.5) is 0 Å². The van der Waals surface area contributed by atoms with E-state index in [2.05, 4.69) is 29.8 Å². The predicted molar refractivity (Wildman–Crippen MR) is 69.1 cm³/mol. The van der Waals surface area contributed by atoms with Crippen molar-refractivity contribution in [3.05, 3.63) is 28.2 Å². The molecule has 0 saturated heterocycles. The molecule has 0 amide bonds. The molecule has 0 aliphatic rings. The number of hydrogen-bond acceptors (Lipinski definition) is 2. The van der Waals surface area contributed by atoms with Gasteiger partial charge in [-0.15, -0.1) is 0 Å². The van der Waals surface area contributed by atoms with Crippen molar-refractivity contribution in [2.75, 3.05) is 6.61 Å². The van der Waals surface area contributed by atoms with Crippen LogP contribution < -0.4 is 4.74 Å². The SMILES string of the molecule is CC(C)CCCOc1ccc(Br)c(C=O)c1. The molecule has 1 aromatic carbocycles. The van der Waals surface area contributed by atoms with Crippen LogP contribution in [0.3, 0.4) is 0 Å². The Morgan fingerprint density at radius 3 is 2.81 bits per heavy atom. The molecule has 88 valence electrons. The molecule has 0 N–H and O–H groups in total. The van der Waals surface area contributed by atoms with Gasteiger partial charge in [-0.1, -0.05) is 29.8 Å². The van der Waals surface area contributed by atoms with Gasteiger partial charge in [0.15, 0.2) is 6.29 Å². The smallest absolute Gasteiger partial charge is 0.151 e.